The minimum Gasteiger partial charge on any atom is -0.478 e. The molecule has 1 aliphatic heterocycles. The number of carbonyl (C=O) groups is 3. The van der Waals surface area contributed by atoms with Crippen LogP contribution in [0.5, 0.6) is 0 Å². The van der Waals surface area contributed by atoms with E-state index in [2.05, 4.69) is 5.32 Å². The van der Waals surface area contributed by atoms with Crippen LogP contribution in [0.4, 0.5) is 5.69 Å². The molecule has 148 valence electrons. The van der Waals surface area contributed by atoms with E-state index in [1.54, 1.807) is 18.2 Å². The molecule has 29 heavy (non-hydrogen) atoms. The van der Waals surface area contributed by atoms with Gasteiger partial charge in [0.25, 0.3) is 5.91 Å². The third-order valence-electron chi connectivity index (χ3n) is 4.15. The van der Waals surface area contributed by atoms with Crippen LogP contribution in [0.25, 0.3) is 6.08 Å². The Morgan fingerprint density at radius 3 is 2.62 bits per heavy atom. The molecule has 2 amide bonds. The van der Waals surface area contributed by atoms with Crippen molar-refractivity contribution in [3.8, 4) is 0 Å². The number of nitrogens with zero attached hydrogens (tertiary/aromatic N) is 1. The lowest BCUT2D eigenvalue weighted by molar-refractivity contribution is -0.122. The Hall–Kier alpha value is -2.97. The van der Waals surface area contributed by atoms with Crippen molar-refractivity contribution in [2.75, 3.05) is 11.9 Å². The molecular formula is C21H18N2O4S2. The summed E-state index contributed by atoms with van der Waals surface area (Å²) in [5, 5.41) is 11.7. The lowest BCUT2D eigenvalue weighted by atomic mass is 10.2. The van der Waals surface area contributed by atoms with Gasteiger partial charge in [0.15, 0.2) is 0 Å². The second kappa shape index (κ2) is 9.49. The molecule has 0 unspecified atom stereocenters. The van der Waals surface area contributed by atoms with Crippen LogP contribution in [0.15, 0.2) is 59.5 Å². The van der Waals surface area contributed by atoms with E-state index >= 15 is 0 Å². The highest BCUT2D eigenvalue weighted by atomic mass is 32.2. The van der Waals surface area contributed by atoms with E-state index in [1.165, 1.54) is 28.8 Å². The first-order valence-corrected chi connectivity index (χ1v) is 10.1. The van der Waals surface area contributed by atoms with Crippen LogP contribution in [0.1, 0.15) is 28.8 Å². The molecule has 0 saturated carbocycles. The molecule has 8 heteroatoms. The molecule has 2 aromatic rings. The number of amides is 2. The van der Waals surface area contributed by atoms with Crippen LogP contribution >= 0.6 is 24.0 Å². The van der Waals surface area contributed by atoms with Gasteiger partial charge in [-0.25, -0.2) is 4.79 Å². The summed E-state index contributed by atoms with van der Waals surface area (Å²) in [6.07, 6.45) is 2.43. The van der Waals surface area contributed by atoms with Gasteiger partial charge < -0.3 is 10.4 Å². The first-order chi connectivity index (χ1) is 13.9. The van der Waals surface area contributed by atoms with Gasteiger partial charge in [-0.05, 0) is 36.3 Å². The van der Waals surface area contributed by atoms with E-state index in [4.69, 9.17) is 17.3 Å². The molecule has 1 heterocycles. The van der Waals surface area contributed by atoms with Crippen LogP contribution in [0.2, 0.25) is 0 Å². The summed E-state index contributed by atoms with van der Waals surface area (Å²) in [5.41, 5.74) is 1.45. The number of aromatic carboxylic acids is 1. The van der Waals surface area contributed by atoms with E-state index in [-0.39, 0.29) is 23.8 Å². The van der Waals surface area contributed by atoms with Crippen molar-refractivity contribution >= 4 is 57.8 Å². The standard InChI is InChI=1S/C21H18N2O4S2/c24-18(22-16-9-4-8-15(13-16)20(26)27)10-5-11-23-19(25)17(29-21(23)28)12-14-6-2-1-3-7-14/h1-4,6-9,12-13H,5,10-11H2,(H,22,24)(H,26,27)/b17-12-. The van der Waals surface area contributed by atoms with Crippen molar-refractivity contribution in [1.82, 2.24) is 4.90 Å². The molecule has 1 aliphatic rings. The van der Waals surface area contributed by atoms with Gasteiger partial charge in [-0.15, -0.1) is 0 Å². The number of thiocarbonyl (C=S) groups is 1. The first-order valence-electron chi connectivity index (χ1n) is 8.87. The predicted octanol–water partition coefficient (Wildman–Crippen LogP) is 4.00. The number of anilines is 1. The number of thioether (sulfide) groups is 1. The molecule has 0 bridgehead atoms. The van der Waals surface area contributed by atoms with Gasteiger partial charge in [0.2, 0.25) is 5.91 Å². The quantitative estimate of drug-likeness (QED) is 0.514. The Bertz CT molecular complexity index is 989. The van der Waals surface area contributed by atoms with Gasteiger partial charge in [0.05, 0.1) is 10.5 Å². The zero-order valence-corrected chi connectivity index (χ0v) is 17.0. The minimum absolute atomic E-state index is 0.102. The number of carbonyl (C=O) groups excluding carboxylic acids is 2. The van der Waals surface area contributed by atoms with E-state index < -0.39 is 5.97 Å². The Balaban J connectivity index is 1.52. The smallest absolute Gasteiger partial charge is 0.335 e. The van der Waals surface area contributed by atoms with Gasteiger partial charge in [-0.1, -0.05) is 60.4 Å². The van der Waals surface area contributed by atoms with Crippen molar-refractivity contribution in [3.05, 3.63) is 70.6 Å². The van der Waals surface area contributed by atoms with Crippen molar-refractivity contribution in [3.63, 3.8) is 0 Å². The number of carboxylic acid groups (broad SMARTS) is 1. The Labute approximate surface area is 177 Å². The third kappa shape index (κ3) is 5.52. The van der Waals surface area contributed by atoms with Crippen molar-refractivity contribution in [2.24, 2.45) is 0 Å². The van der Waals surface area contributed by atoms with Gasteiger partial charge >= 0.3 is 5.97 Å². The van der Waals surface area contributed by atoms with Gasteiger partial charge in [0, 0.05) is 18.7 Å². The van der Waals surface area contributed by atoms with Crippen LogP contribution in [-0.4, -0.2) is 38.7 Å². The summed E-state index contributed by atoms with van der Waals surface area (Å²) >= 11 is 6.56. The molecule has 0 radical (unpaired) electrons. The van der Waals surface area contributed by atoms with Crippen LogP contribution < -0.4 is 5.32 Å². The van der Waals surface area contributed by atoms with E-state index in [1.807, 2.05) is 30.3 Å². The van der Waals surface area contributed by atoms with Crippen molar-refractivity contribution < 1.29 is 19.5 Å². The van der Waals surface area contributed by atoms with Gasteiger partial charge in [0.1, 0.15) is 4.32 Å². The monoisotopic (exact) mass is 426 g/mol. The molecule has 2 N–H and O–H groups in total. The molecular weight excluding hydrogens is 408 g/mol. The Morgan fingerprint density at radius 1 is 1.14 bits per heavy atom. The zero-order chi connectivity index (χ0) is 20.8. The summed E-state index contributed by atoms with van der Waals surface area (Å²) in [7, 11) is 0. The molecule has 2 aromatic carbocycles. The lowest BCUT2D eigenvalue weighted by Crippen LogP contribution is -2.29. The second-order valence-corrected chi connectivity index (χ2v) is 7.96. The number of hydrogen-bond donors (Lipinski definition) is 2. The summed E-state index contributed by atoms with van der Waals surface area (Å²) in [6.45, 7) is 0.347. The van der Waals surface area contributed by atoms with Crippen molar-refractivity contribution in [1.29, 1.82) is 0 Å². The highest BCUT2D eigenvalue weighted by Crippen LogP contribution is 2.32. The molecule has 0 aliphatic carbocycles. The van der Waals surface area contributed by atoms with Gasteiger partial charge in [-0.2, -0.15) is 0 Å². The fourth-order valence-electron chi connectivity index (χ4n) is 2.74. The molecule has 1 fully saturated rings. The van der Waals surface area contributed by atoms with E-state index in [0.717, 1.165) is 5.56 Å². The maximum absolute atomic E-state index is 12.6. The molecule has 0 atom stereocenters. The number of rotatable bonds is 7. The maximum atomic E-state index is 12.6. The summed E-state index contributed by atoms with van der Waals surface area (Å²) < 4.78 is 0.478. The minimum atomic E-state index is -1.06. The zero-order valence-electron chi connectivity index (χ0n) is 15.3. The fraction of sp³-hybridized carbons (Fsp3) is 0.143. The van der Waals surface area contributed by atoms with Crippen LogP contribution in [0.3, 0.4) is 0 Å². The highest BCUT2D eigenvalue weighted by Gasteiger charge is 2.31. The molecule has 6 nitrogen and oxygen atoms in total. The van der Waals surface area contributed by atoms with Crippen molar-refractivity contribution in [2.45, 2.75) is 12.8 Å². The van der Waals surface area contributed by atoms with Crippen LogP contribution in [0, 0.1) is 0 Å². The average molecular weight is 427 g/mol. The molecule has 0 aromatic heterocycles. The topological polar surface area (TPSA) is 86.7 Å². The van der Waals surface area contributed by atoms with E-state index in [9.17, 15) is 14.4 Å². The average Bonchev–Trinajstić information content (AvgIpc) is 2.96. The number of carboxylic acids is 1. The molecule has 0 spiro atoms. The third-order valence-corrected chi connectivity index (χ3v) is 5.53. The summed E-state index contributed by atoms with van der Waals surface area (Å²) in [6, 6.07) is 15.6. The summed E-state index contributed by atoms with van der Waals surface area (Å²) in [4.78, 5) is 37.8. The normalized spacial score (nSPS) is 15.0. The first kappa shape index (κ1) is 20.8. The lowest BCUT2D eigenvalue weighted by Gasteiger charge is -2.14. The molecule has 3 rings (SSSR count). The SMILES string of the molecule is O=C(CCCN1C(=O)/C(=C/c2ccccc2)SC1=S)Nc1cccc(C(=O)O)c1. The number of nitrogens with one attached hydrogen (secondary N) is 1. The largest absolute Gasteiger partial charge is 0.478 e. The Morgan fingerprint density at radius 2 is 1.90 bits per heavy atom. The second-order valence-electron chi connectivity index (χ2n) is 6.28. The molecule has 1 saturated heterocycles. The van der Waals surface area contributed by atoms with E-state index in [0.29, 0.717) is 27.9 Å². The predicted molar refractivity (Wildman–Crippen MR) is 118 cm³/mol. The Kier molecular flexibility index (Phi) is 6.79. The number of hydrogen-bond acceptors (Lipinski definition) is 5. The highest BCUT2D eigenvalue weighted by molar-refractivity contribution is 8.26. The van der Waals surface area contributed by atoms with Gasteiger partial charge in [-0.3, -0.25) is 14.5 Å². The van der Waals surface area contributed by atoms with Crippen LogP contribution in [-0.2, 0) is 9.59 Å². The number of benzene rings is 2. The maximum Gasteiger partial charge on any atom is 0.335 e. The fourth-order valence-corrected chi connectivity index (χ4v) is 4.05. The summed E-state index contributed by atoms with van der Waals surface area (Å²) in [5.74, 6) is -1.46.